The number of fused-ring (bicyclic) bond motifs is 1. The molecule has 0 fully saturated rings. The van der Waals surface area contributed by atoms with Gasteiger partial charge in [-0.05, 0) is 42.7 Å². The monoisotopic (exact) mass is 315 g/mol. The van der Waals surface area contributed by atoms with Gasteiger partial charge in [-0.3, -0.25) is 0 Å². The van der Waals surface area contributed by atoms with Crippen molar-refractivity contribution in [3.05, 3.63) is 53.6 Å². The summed E-state index contributed by atoms with van der Waals surface area (Å²) in [6.45, 7) is 7.35. The number of nitrogens with one attached hydrogen (secondary N) is 1. The first kappa shape index (κ1) is 15.6. The molecule has 1 atom stereocenters. The van der Waals surface area contributed by atoms with Gasteiger partial charge >= 0.3 is 6.03 Å². The van der Waals surface area contributed by atoms with Crippen LogP contribution >= 0.6 is 0 Å². The van der Waals surface area contributed by atoms with Crippen molar-refractivity contribution in [2.24, 2.45) is 5.92 Å². The number of amides is 2. The smallest absolute Gasteiger partial charge is 0.322 e. The Bertz CT molecular complexity index is 723. The van der Waals surface area contributed by atoms with Gasteiger partial charge in [0.1, 0.15) is 5.82 Å². The van der Waals surface area contributed by atoms with Crippen LogP contribution in [0.15, 0.2) is 36.5 Å². The summed E-state index contributed by atoms with van der Waals surface area (Å²) in [7, 11) is 0. The van der Waals surface area contributed by atoms with Gasteiger partial charge in [0.15, 0.2) is 0 Å². The van der Waals surface area contributed by atoms with Crippen LogP contribution in [0.4, 0.5) is 14.9 Å². The van der Waals surface area contributed by atoms with Crippen molar-refractivity contribution < 1.29 is 9.18 Å². The molecular weight excluding hydrogens is 293 g/mol. The Hall–Kier alpha value is -2.30. The number of halogens is 1. The second-order valence-electron chi connectivity index (χ2n) is 6.40. The van der Waals surface area contributed by atoms with Crippen molar-refractivity contribution in [1.82, 2.24) is 9.47 Å². The van der Waals surface area contributed by atoms with E-state index in [0.717, 1.165) is 12.2 Å². The Morgan fingerprint density at radius 1 is 1.30 bits per heavy atom. The lowest BCUT2D eigenvalue weighted by molar-refractivity contribution is 0.144. The molecule has 0 saturated heterocycles. The summed E-state index contributed by atoms with van der Waals surface area (Å²) in [6.07, 6.45) is 2.05. The Balaban J connectivity index is 1.82. The van der Waals surface area contributed by atoms with E-state index in [9.17, 15) is 9.18 Å². The third-order valence-electron chi connectivity index (χ3n) is 4.40. The minimum atomic E-state index is -0.310. The van der Waals surface area contributed by atoms with Crippen LogP contribution in [0.3, 0.4) is 0 Å². The minimum absolute atomic E-state index is 0.0223. The Morgan fingerprint density at radius 3 is 2.78 bits per heavy atom. The molecule has 0 spiro atoms. The van der Waals surface area contributed by atoms with Gasteiger partial charge in [0, 0.05) is 30.7 Å². The lowest BCUT2D eigenvalue weighted by Crippen LogP contribution is -2.45. The molecular formula is C18H22FN3O. The van der Waals surface area contributed by atoms with Crippen LogP contribution in [-0.4, -0.2) is 22.0 Å². The number of hydrogen-bond acceptors (Lipinski definition) is 1. The minimum Gasteiger partial charge on any atom is -0.348 e. The molecule has 2 heterocycles. The van der Waals surface area contributed by atoms with E-state index in [1.807, 2.05) is 11.0 Å². The van der Waals surface area contributed by atoms with Gasteiger partial charge in [0.2, 0.25) is 0 Å². The maximum absolute atomic E-state index is 13.7. The topological polar surface area (TPSA) is 37.3 Å². The van der Waals surface area contributed by atoms with E-state index in [1.165, 1.54) is 6.07 Å². The van der Waals surface area contributed by atoms with E-state index >= 15 is 0 Å². The molecule has 1 aliphatic rings. The van der Waals surface area contributed by atoms with Gasteiger partial charge < -0.3 is 14.8 Å². The highest BCUT2D eigenvalue weighted by molar-refractivity contribution is 5.89. The van der Waals surface area contributed by atoms with Crippen LogP contribution in [0, 0.1) is 18.7 Å². The summed E-state index contributed by atoms with van der Waals surface area (Å²) in [6, 6.07) is 8.69. The van der Waals surface area contributed by atoms with Crippen molar-refractivity contribution in [2.45, 2.75) is 33.4 Å². The Kier molecular flexibility index (Phi) is 4.11. The molecule has 0 unspecified atom stereocenters. The van der Waals surface area contributed by atoms with Crippen LogP contribution in [-0.2, 0) is 6.54 Å². The molecule has 0 aliphatic carbocycles. The number of anilines is 1. The number of benzene rings is 1. The van der Waals surface area contributed by atoms with Crippen molar-refractivity contribution in [2.75, 3.05) is 11.9 Å². The molecule has 1 N–H and O–H groups in total. The first-order chi connectivity index (χ1) is 11.0. The average Bonchev–Trinajstić information content (AvgIpc) is 2.98. The summed E-state index contributed by atoms with van der Waals surface area (Å²) < 4.78 is 15.9. The Morgan fingerprint density at radius 2 is 2.09 bits per heavy atom. The molecule has 23 heavy (non-hydrogen) atoms. The molecule has 1 aromatic carbocycles. The first-order valence-electron chi connectivity index (χ1n) is 7.96. The van der Waals surface area contributed by atoms with Crippen LogP contribution in [0.1, 0.15) is 31.1 Å². The van der Waals surface area contributed by atoms with Crippen LogP contribution in [0.25, 0.3) is 0 Å². The van der Waals surface area contributed by atoms with Gasteiger partial charge in [-0.2, -0.15) is 0 Å². The van der Waals surface area contributed by atoms with Crippen molar-refractivity contribution in [1.29, 1.82) is 0 Å². The van der Waals surface area contributed by atoms with Crippen LogP contribution in [0.2, 0.25) is 0 Å². The number of carbonyl (C=O) groups excluding carboxylic acids is 1. The molecule has 2 aromatic rings. The zero-order valence-corrected chi connectivity index (χ0v) is 13.7. The van der Waals surface area contributed by atoms with Gasteiger partial charge in [-0.1, -0.05) is 19.9 Å². The summed E-state index contributed by atoms with van der Waals surface area (Å²) in [5.41, 5.74) is 2.21. The number of aromatic nitrogens is 1. The lowest BCUT2D eigenvalue weighted by atomic mass is 9.97. The first-order valence-corrected chi connectivity index (χ1v) is 7.96. The van der Waals surface area contributed by atoms with Crippen molar-refractivity contribution >= 4 is 11.7 Å². The highest BCUT2D eigenvalue weighted by atomic mass is 19.1. The van der Waals surface area contributed by atoms with E-state index in [-0.39, 0.29) is 17.9 Å². The molecule has 0 saturated carbocycles. The second kappa shape index (κ2) is 6.07. The molecule has 122 valence electrons. The highest BCUT2D eigenvalue weighted by Gasteiger charge is 2.32. The number of urea groups is 1. The van der Waals surface area contributed by atoms with Gasteiger partial charge in [-0.25, -0.2) is 9.18 Å². The predicted molar refractivity (Wildman–Crippen MR) is 88.9 cm³/mol. The lowest BCUT2D eigenvalue weighted by Gasteiger charge is -2.39. The van der Waals surface area contributed by atoms with Crippen molar-refractivity contribution in [3.8, 4) is 0 Å². The number of hydrogen-bond donors (Lipinski definition) is 1. The van der Waals surface area contributed by atoms with E-state index in [0.29, 0.717) is 23.7 Å². The fourth-order valence-corrected chi connectivity index (χ4v) is 3.21. The molecule has 3 rings (SSSR count). The maximum Gasteiger partial charge on any atom is 0.322 e. The molecule has 0 radical (unpaired) electrons. The largest absolute Gasteiger partial charge is 0.348 e. The highest BCUT2D eigenvalue weighted by Crippen LogP contribution is 2.32. The van der Waals surface area contributed by atoms with E-state index in [4.69, 9.17) is 0 Å². The fraction of sp³-hybridized carbons (Fsp3) is 0.389. The second-order valence-corrected chi connectivity index (χ2v) is 6.40. The third kappa shape index (κ3) is 2.96. The zero-order chi connectivity index (χ0) is 16.6. The number of rotatable bonds is 2. The summed E-state index contributed by atoms with van der Waals surface area (Å²) in [5.74, 6) is -0.0137. The molecule has 5 heteroatoms. The zero-order valence-electron chi connectivity index (χ0n) is 13.7. The van der Waals surface area contributed by atoms with E-state index < -0.39 is 0 Å². The standard InChI is InChI=1S/C18H22FN3O/c1-12(2)17-16-5-4-8-21(16)9-10-22(17)18(23)20-14-7-6-13(3)15(19)11-14/h4-8,11-12,17H,9-10H2,1-3H3,(H,20,23)/t17-/m1/s1. The quantitative estimate of drug-likeness (QED) is 0.887. The van der Waals surface area contributed by atoms with E-state index in [2.05, 4.69) is 36.0 Å². The number of carbonyl (C=O) groups is 1. The van der Waals surface area contributed by atoms with Crippen LogP contribution in [0.5, 0.6) is 0 Å². The fourth-order valence-electron chi connectivity index (χ4n) is 3.21. The average molecular weight is 315 g/mol. The molecule has 1 aliphatic heterocycles. The van der Waals surface area contributed by atoms with Crippen LogP contribution < -0.4 is 5.32 Å². The Labute approximate surface area is 135 Å². The normalized spacial score (nSPS) is 17.3. The number of aryl methyl sites for hydroxylation is 1. The van der Waals surface area contributed by atoms with Gasteiger partial charge in [-0.15, -0.1) is 0 Å². The molecule has 0 bridgehead atoms. The SMILES string of the molecule is Cc1ccc(NC(=O)N2CCn3cccc3[C@H]2C(C)C)cc1F. The molecule has 2 amide bonds. The third-order valence-corrected chi connectivity index (χ3v) is 4.40. The van der Waals surface area contributed by atoms with Gasteiger partial charge in [0.25, 0.3) is 0 Å². The summed E-state index contributed by atoms with van der Waals surface area (Å²) in [4.78, 5) is 14.5. The number of nitrogens with zero attached hydrogens (tertiary/aromatic N) is 2. The predicted octanol–water partition coefficient (Wildman–Crippen LogP) is 4.18. The maximum atomic E-state index is 13.7. The van der Waals surface area contributed by atoms with E-state index in [1.54, 1.807) is 19.1 Å². The van der Waals surface area contributed by atoms with Gasteiger partial charge in [0.05, 0.1) is 6.04 Å². The van der Waals surface area contributed by atoms with Crippen molar-refractivity contribution in [3.63, 3.8) is 0 Å². The molecule has 1 aromatic heterocycles. The summed E-state index contributed by atoms with van der Waals surface area (Å²) >= 11 is 0. The summed E-state index contributed by atoms with van der Waals surface area (Å²) in [5, 5.41) is 2.83. The molecule has 4 nitrogen and oxygen atoms in total.